The number of benzene rings is 1. The molecule has 0 spiro atoms. The average Bonchev–Trinajstić information content (AvgIpc) is 2.96. The maximum atomic E-state index is 13.2. The van der Waals surface area contributed by atoms with Gasteiger partial charge in [-0.15, -0.1) is 0 Å². The Kier molecular flexibility index (Phi) is 4.34. The number of halogens is 2. The molecule has 2 rings (SSSR count). The molecule has 0 atom stereocenters. The van der Waals surface area contributed by atoms with Gasteiger partial charge < -0.3 is 14.6 Å². The minimum Gasteiger partial charge on any atom is -0.496 e. The molecule has 1 fully saturated rings. The molecule has 6 heteroatoms. The van der Waals surface area contributed by atoms with Crippen LogP contribution in [0.4, 0.5) is 8.78 Å². The highest BCUT2D eigenvalue weighted by molar-refractivity contribution is 5.83. The molecular formula is C15H18F2O4. The van der Waals surface area contributed by atoms with Crippen LogP contribution in [-0.4, -0.2) is 25.3 Å². The van der Waals surface area contributed by atoms with Crippen LogP contribution in [0.2, 0.25) is 0 Å². The second-order valence-electron chi connectivity index (χ2n) is 5.19. The van der Waals surface area contributed by atoms with Gasteiger partial charge >= 0.3 is 5.97 Å². The van der Waals surface area contributed by atoms with Crippen LogP contribution in [0.1, 0.15) is 43.2 Å². The summed E-state index contributed by atoms with van der Waals surface area (Å²) in [5, 5.41) is 9.62. The normalized spacial score (nSPS) is 17.0. The summed E-state index contributed by atoms with van der Waals surface area (Å²) in [5.74, 6) is -0.714. The molecule has 0 heterocycles. The van der Waals surface area contributed by atoms with Gasteiger partial charge in [0.05, 0.1) is 25.2 Å². The van der Waals surface area contributed by atoms with Gasteiger partial charge in [0.2, 0.25) is 0 Å². The highest BCUT2D eigenvalue weighted by Crippen LogP contribution is 2.47. The molecule has 4 nitrogen and oxygen atoms in total. The van der Waals surface area contributed by atoms with Gasteiger partial charge in [-0.25, -0.2) is 8.78 Å². The van der Waals surface area contributed by atoms with E-state index in [9.17, 15) is 18.7 Å². The summed E-state index contributed by atoms with van der Waals surface area (Å²) in [5.41, 5.74) is -1.15. The smallest absolute Gasteiger partial charge is 0.314 e. The van der Waals surface area contributed by atoms with E-state index in [-0.39, 0.29) is 17.1 Å². The lowest BCUT2D eigenvalue weighted by molar-refractivity contribution is -0.143. The van der Waals surface area contributed by atoms with E-state index in [0.29, 0.717) is 18.4 Å². The van der Waals surface area contributed by atoms with Gasteiger partial charge in [-0.3, -0.25) is 4.79 Å². The van der Waals surface area contributed by atoms with Crippen molar-refractivity contribution in [3.63, 3.8) is 0 Å². The fourth-order valence-corrected chi connectivity index (χ4v) is 3.05. The summed E-state index contributed by atoms with van der Waals surface area (Å²) in [6, 6.07) is 2.57. The van der Waals surface area contributed by atoms with Gasteiger partial charge in [0.15, 0.2) is 0 Å². The summed E-state index contributed by atoms with van der Waals surface area (Å²) in [6.07, 6.45) is -0.380. The van der Waals surface area contributed by atoms with Crippen molar-refractivity contribution in [2.24, 2.45) is 0 Å². The van der Waals surface area contributed by atoms with Crippen LogP contribution < -0.4 is 9.47 Å². The van der Waals surface area contributed by atoms with Crippen LogP contribution >= 0.6 is 0 Å². The predicted molar refractivity (Wildman–Crippen MR) is 72.3 cm³/mol. The minimum atomic E-state index is -2.74. The highest BCUT2D eigenvalue weighted by Gasteiger charge is 2.45. The van der Waals surface area contributed by atoms with Crippen LogP contribution in [0.5, 0.6) is 11.5 Å². The van der Waals surface area contributed by atoms with Crippen LogP contribution in [0.25, 0.3) is 0 Å². The Bertz CT molecular complexity index is 537. The lowest BCUT2D eigenvalue weighted by atomic mass is 9.77. The fourth-order valence-electron chi connectivity index (χ4n) is 3.05. The molecule has 116 valence electrons. The third-order valence-electron chi connectivity index (χ3n) is 4.17. The molecule has 21 heavy (non-hydrogen) atoms. The molecule has 1 aromatic rings. The van der Waals surface area contributed by atoms with E-state index in [1.54, 1.807) is 0 Å². The Morgan fingerprint density at radius 2 is 1.76 bits per heavy atom. The van der Waals surface area contributed by atoms with Gasteiger partial charge in [-0.05, 0) is 18.9 Å². The first-order valence-corrected chi connectivity index (χ1v) is 6.74. The van der Waals surface area contributed by atoms with E-state index >= 15 is 0 Å². The van der Waals surface area contributed by atoms with Gasteiger partial charge in [0.25, 0.3) is 6.43 Å². The maximum absolute atomic E-state index is 13.2. The number of methoxy groups -OCH3 is 2. The summed E-state index contributed by atoms with van der Waals surface area (Å²) in [6.45, 7) is 0. The topological polar surface area (TPSA) is 55.8 Å². The van der Waals surface area contributed by atoms with E-state index < -0.39 is 17.8 Å². The first kappa shape index (κ1) is 15.5. The van der Waals surface area contributed by atoms with Gasteiger partial charge in [0.1, 0.15) is 11.5 Å². The van der Waals surface area contributed by atoms with Crippen LogP contribution in [0.15, 0.2) is 12.1 Å². The molecule has 0 radical (unpaired) electrons. The van der Waals surface area contributed by atoms with E-state index in [1.165, 1.54) is 26.4 Å². The Balaban J connectivity index is 2.66. The lowest BCUT2D eigenvalue weighted by Crippen LogP contribution is -2.33. The van der Waals surface area contributed by atoms with Crippen LogP contribution in [0.3, 0.4) is 0 Å². The molecule has 1 aromatic carbocycles. The molecule has 0 aromatic heterocycles. The van der Waals surface area contributed by atoms with E-state index in [2.05, 4.69) is 0 Å². The number of hydrogen-bond acceptors (Lipinski definition) is 3. The zero-order chi connectivity index (χ0) is 15.6. The second kappa shape index (κ2) is 5.87. The van der Waals surface area contributed by atoms with Crippen molar-refractivity contribution in [1.82, 2.24) is 0 Å². The van der Waals surface area contributed by atoms with Gasteiger partial charge in [-0.1, -0.05) is 12.8 Å². The van der Waals surface area contributed by atoms with E-state index in [0.717, 1.165) is 12.8 Å². The quantitative estimate of drug-likeness (QED) is 0.903. The molecule has 0 bridgehead atoms. The van der Waals surface area contributed by atoms with Crippen molar-refractivity contribution in [2.45, 2.75) is 37.5 Å². The number of carbonyl (C=O) groups is 1. The van der Waals surface area contributed by atoms with Crippen molar-refractivity contribution >= 4 is 5.97 Å². The largest absolute Gasteiger partial charge is 0.496 e. The lowest BCUT2D eigenvalue weighted by Gasteiger charge is -2.27. The SMILES string of the molecule is COc1cc(OC)c(C2(C(=O)O)CCCC2)cc1C(F)F. The Morgan fingerprint density at radius 3 is 2.19 bits per heavy atom. The summed E-state index contributed by atoms with van der Waals surface area (Å²) < 4.78 is 36.5. The van der Waals surface area contributed by atoms with Crippen molar-refractivity contribution in [3.8, 4) is 11.5 Å². The number of carboxylic acids is 1. The molecule has 0 aliphatic heterocycles. The third-order valence-corrected chi connectivity index (χ3v) is 4.17. The molecule has 0 saturated heterocycles. The summed E-state index contributed by atoms with van der Waals surface area (Å²) >= 11 is 0. The van der Waals surface area contributed by atoms with Gasteiger partial charge in [0, 0.05) is 11.6 Å². The van der Waals surface area contributed by atoms with Crippen molar-refractivity contribution in [1.29, 1.82) is 0 Å². The molecule has 1 N–H and O–H groups in total. The van der Waals surface area contributed by atoms with Crippen molar-refractivity contribution in [2.75, 3.05) is 14.2 Å². The van der Waals surface area contributed by atoms with Crippen LogP contribution in [0, 0.1) is 0 Å². The number of aliphatic carboxylic acids is 1. The molecule has 1 aliphatic carbocycles. The zero-order valence-corrected chi connectivity index (χ0v) is 12.0. The number of ether oxygens (including phenoxy) is 2. The Morgan fingerprint density at radius 1 is 1.19 bits per heavy atom. The molecule has 1 saturated carbocycles. The molecular weight excluding hydrogens is 282 g/mol. The molecule has 1 aliphatic rings. The number of carboxylic acid groups (broad SMARTS) is 1. The monoisotopic (exact) mass is 300 g/mol. The standard InChI is InChI=1S/C15H18F2O4/c1-20-11-8-12(21-2)10(7-9(11)13(16)17)15(14(18)19)5-3-4-6-15/h7-8,13H,3-6H2,1-2H3,(H,18,19). The second-order valence-corrected chi connectivity index (χ2v) is 5.19. The zero-order valence-electron chi connectivity index (χ0n) is 12.0. The first-order chi connectivity index (χ1) is 9.96. The minimum absolute atomic E-state index is 0.00383. The first-order valence-electron chi connectivity index (χ1n) is 6.74. The molecule has 0 amide bonds. The van der Waals surface area contributed by atoms with Crippen LogP contribution in [-0.2, 0) is 10.2 Å². The number of alkyl halides is 2. The number of rotatable bonds is 5. The van der Waals surface area contributed by atoms with Crippen molar-refractivity contribution in [3.05, 3.63) is 23.3 Å². The highest BCUT2D eigenvalue weighted by atomic mass is 19.3. The fraction of sp³-hybridized carbons (Fsp3) is 0.533. The summed E-state index contributed by atoms with van der Waals surface area (Å²) in [7, 11) is 2.69. The predicted octanol–water partition coefficient (Wildman–Crippen LogP) is 3.54. The summed E-state index contributed by atoms with van der Waals surface area (Å²) in [4.78, 5) is 11.8. The third kappa shape index (κ3) is 2.54. The van der Waals surface area contributed by atoms with E-state index in [4.69, 9.17) is 9.47 Å². The number of hydrogen-bond donors (Lipinski definition) is 1. The van der Waals surface area contributed by atoms with E-state index in [1.807, 2.05) is 0 Å². The average molecular weight is 300 g/mol. The molecule has 0 unspecified atom stereocenters. The Labute approximate surface area is 121 Å². The van der Waals surface area contributed by atoms with Gasteiger partial charge in [-0.2, -0.15) is 0 Å². The Hall–Kier alpha value is -1.85. The van der Waals surface area contributed by atoms with Crippen molar-refractivity contribution < 1.29 is 28.2 Å². The maximum Gasteiger partial charge on any atom is 0.314 e.